The second-order valence-electron chi connectivity index (χ2n) is 13.6. The molecule has 2 nitrogen and oxygen atoms in total. The minimum Gasteiger partial charge on any atom is -0.247 e. The van der Waals surface area contributed by atoms with Crippen molar-refractivity contribution in [2.45, 2.75) is 232 Å². The summed E-state index contributed by atoms with van der Waals surface area (Å²) in [7, 11) is 0. The van der Waals surface area contributed by atoms with Crippen LogP contribution in [0.3, 0.4) is 0 Å². The van der Waals surface area contributed by atoms with Crippen LogP contribution in [0.1, 0.15) is 238 Å². The summed E-state index contributed by atoms with van der Waals surface area (Å²) in [5, 5.41) is 0. The van der Waals surface area contributed by atoms with E-state index in [0.29, 0.717) is 12.0 Å². The second kappa shape index (κ2) is 29.3. The van der Waals surface area contributed by atoms with Crippen LogP contribution in [-0.2, 0) is 0 Å². The number of hydrogen-bond donors (Lipinski definition) is 1. The number of rotatable bonds is 32. The predicted molar refractivity (Wildman–Crippen MR) is 184 cm³/mol. The van der Waals surface area contributed by atoms with Gasteiger partial charge in [0.1, 0.15) is 12.4 Å². The van der Waals surface area contributed by atoms with Gasteiger partial charge < -0.3 is 0 Å². The first-order valence-electron chi connectivity index (χ1n) is 19.3. The van der Waals surface area contributed by atoms with E-state index in [-0.39, 0.29) is 0 Å². The van der Waals surface area contributed by atoms with Gasteiger partial charge in [0, 0.05) is 0 Å². The van der Waals surface area contributed by atoms with Crippen molar-refractivity contribution in [2.75, 3.05) is 0 Å². The topological polar surface area (TPSA) is 19.7 Å². The van der Waals surface area contributed by atoms with E-state index in [4.69, 9.17) is 0 Å². The molecule has 1 aromatic rings. The Morgan fingerprint density at radius 2 is 0.780 bits per heavy atom. The molecule has 1 aromatic heterocycles. The Hall–Kier alpha value is -0.790. The summed E-state index contributed by atoms with van der Waals surface area (Å²) in [5.74, 6) is 2.24. The number of H-pyrrole nitrogens is 1. The molecule has 0 spiro atoms. The average molecular weight is 574 g/mol. The Kier molecular flexibility index (Phi) is 27.3. The minimum absolute atomic E-state index is 0.621. The van der Waals surface area contributed by atoms with E-state index in [0.717, 1.165) is 0 Å². The van der Waals surface area contributed by atoms with Crippen molar-refractivity contribution < 1.29 is 4.57 Å². The van der Waals surface area contributed by atoms with E-state index >= 15 is 0 Å². The van der Waals surface area contributed by atoms with Gasteiger partial charge in [-0.3, -0.25) is 0 Å². The fourth-order valence-electron chi connectivity index (χ4n) is 6.78. The molecular weight excluding hydrogens is 496 g/mol. The molecule has 41 heavy (non-hydrogen) atoms. The van der Waals surface area contributed by atoms with E-state index in [9.17, 15) is 0 Å². The van der Waals surface area contributed by atoms with E-state index in [1.165, 1.54) is 198 Å². The quantitative estimate of drug-likeness (QED) is 0.0653. The minimum atomic E-state index is 0.621. The van der Waals surface area contributed by atoms with Gasteiger partial charge in [-0.05, 0) is 32.6 Å². The first-order chi connectivity index (χ1) is 20.2. The first kappa shape index (κ1) is 38.2. The molecule has 0 aromatic carbocycles. The number of imidazole rings is 1. The van der Waals surface area contributed by atoms with Gasteiger partial charge in [-0.15, -0.1) is 0 Å². The summed E-state index contributed by atoms with van der Waals surface area (Å²) >= 11 is 0. The number of hydrogen-bond acceptors (Lipinski definition) is 0. The highest BCUT2D eigenvalue weighted by Crippen LogP contribution is 2.27. The summed E-state index contributed by atoms with van der Waals surface area (Å²) in [6, 6.07) is 0.621. The molecule has 2 unspecified atom stereocenters. The molecule has 0 aliphatic carbocycles. The number of unbranched alkanes of at least 4 members (excludes halogenated alkanes) is 24. The van der Waals surface area contributed by atoms with E-state index < -0.39 is 0 Å². The lowest BCUT2D eigenvalue weighted by Crippen LogP contribution is -2.41. The SMILES string of the molecule is CCCCCCCCCCCCCCCCCCC(CCCCCCC)c1[nH]cc[n+]1C(C)CCCCCCCC. The maximum atomic E-state index is 3.72. The number of nitrogens with one attached hydrogen (secondary N) is 1. The molecule has 0 radical (unpaired) electrons. The largest absolute Gasteiger partial charge is 0.257 e. The summed E-state index contributed by atoms with van der Waals surface area (Å²) in [4.78, 5) is 3.72. The van der Waals surface area contributed by atoms with Gasteiger partial charge in [0.25, 0.3) is 5.82 Å². The van der Waals surface area contributed by atoms with Gasteiger partial charge in [0.2, 0.25) is 0 Å². The molecule has 0 saturated heterocycles. The van der Waals surface area contributed by atoms with Crippen LogP contribution < -0.4 is 4.57 Å². The molecule has 0 fully saturated rings. The van der Waals surface area contributed by atoms with Gasteiger partial charge in [-0.2, -0.15) is 0 Å². The van der Waals surface area contributed by atoms with E-state index in [1.807, 2.05) is 0 Å². The Labute approximate surface area is 259 Å². The highest BCUT2D eigenvalue weighted by atomic mass is 15.1. The fraction of sp³-hybridized carbons (Fsp3) is 0.923. The van der Waals surface area contributed by atoms with Crippen molar-refractivity contribution in [3.63, 3.8) is 0 Å². The van der Waals surface area contributed by atoms with Crippen LogP contribution in [-0.4, -0.2) is 4.98 Å². The lowest BCUT2D eigenvalue weighted by molar-refractivity contribution is -0.727. The van der Waals surface area contributed by atoms with Crippen LogP contribution in [0, 0.1) is 0 Å². The predicted octanol–water partition coefficient (Wildman–Crippen LogP) is 13.7. The standard InChI is InChI=1S/C39H76N2/c1-5-8-11-14-16-17-18-19-20-21-22-23-24-25-28-31-34-38(33-30-26-13-10-7-3)39-40-35-36-41(39)37(4)32-29-27-15-12-9-6-2/h35-38H,5-34H2,1-4H3/p+1. The zero-order chi connectivity index (χ0) is 29.6. The third-order valence-corrected chi connectivity index (χ3v) is 9.64. The maximum Gasteiger partial charge on any atom is 0.257 e. The third kappa shape index (κ3) is 21.5. The molecule has 0 aliphatic heterocycles. The summed E-state index contributed by atoms with van der Waals surface area (Å²) in [6.07, 6.45) is 47.2. The zero-order valence-electron chi connectivity index (χ0n) is 29.0. The molecule has 2 heteroatoms. The van der Waals surface area contributed by atoms with Crippen LogP contribution in [0.25, 0.3) is 0 Å². The molecule has 0 aliphatic rings. The molecule has 0 bridgehead atoms. The van der Waals surface area contributed by atoms with E-state index in [2.05, 4.69) is 49.6 Å². The molecule has 1 rings (SSSR count). The molecule has 242 valence electrons. The summed E-state index contributed by atoms with van der Waals surface area (Å²) in [5.41, 5.74) is 0. The van der Waals surface area contributed by atoms with Crippen molar-refractivity contribution >= 4 is 0 Å². The molecular formula is C39H77N2+. The number of nitrogens with zero attached hydrogens (tertiary/aromatic N) is 1. The van der Waals surface area contributed by atoms with Gasteiger partial charge in [-0.25, -0.2) is 9.55 Å². The molecule has 0 saturated carbocycles. The summed E-state index contributed by atoms with van der Waals surface area (Å²) < 4.78 is 2.62. The normalized spacial score (nSPS) is 13.2. The number of aromatic amines is 1. The van der Waals surface area contributed by atoms with Crippen molar-refractivity contribution in [3.8, 4) is 0 Å². The Morgan fingerprint density at radius 1 is 0.463 bits per heavy atom. The van der Waals surface area contributed by atoms with Crippen LogP contribution in [0.4, 0.5) is 0 Å². The first-order valence-corrected chi connectivity index (χ1v) is 19.3. The lowest BCUT2D eigenvalue weighted by Gasteiger charge is -2.17. The monoisotopic (exact) mass is 574 g/mol. The Balaban J connectivity index is 2.28. The molecule has 2 atom stereocenters. The Bertz CT molecular complexity index is 635. The van der Waals surface area contributed by atoms with Crippen LogP contribution >= 0.6 is 0 Å². The van der Waals surface area contributed by atoms with Gasteiger partial charge >= 0.3 is 0 Å². The van der Waals surface area contributed by atoms with Crippen molar-refractivity contribution in [2.24, 2.45) is 0 Å². The second-order valence-corrected chi connectivity index (χ2v) is 13.6. The van der Waals surface area contributed by atoms with Crippen molar-refractivity contribution in [1.82, 2.24) is 4.98 Å². The van der Waals surface area contributed by atoms with Gasteiger partial charge in [0.05, 0.1) is 12.0 Å². The number of aromatic nitrogens is 2. The highest BCUT2D eigenvalue weighted by Gasteiger charge is 2.25. The van der Waals surface area contributed by atoms with Gasteiger partial charge in [0.15, 0.2) is 0 Å². The van der Waals surface area contributed by atoms with Gasteiger partial charge in [-0.1, -0.05) is 188 Å². The molecule has 1 N–H and O–H groups in total. The molecule has 0 amide bonds. The average Bonchev–Trinajstić information content (AvgIpc) is 3.47. The summed E-state index contributed by atoms with van der Waals surface area (Å²) in [6.45, 7) is 9.40. The third-order valence-electron chi connectivity index (χ3n) is 9.64. The highest BCUT2D eigenvalue weighted by molar-refractivity contribution is 4.90. The van der Waals surface area contributed by atoms with Crippen LogP contribution in [0.2, 0.25) is 0 Å². The Morgan fingerprint density at radius 3 is 1.15 bits per heavy atom. The van der Waals surface area contributed by atoms with Crippen molar-refractivity contribution in [1.29, 1.82) is 0 Å². The van der Waals surface area contributed by atoms with Crippen LogP contribution in [0.15, 0.2) is 12.4 Å². The fourth-order valence-corrected chi connectivity index (χ4v) is 6.78. The zero-order valence-corrected chi connectivity index (χ0v) is 29.0. The van der Waals surface area contributed by atoms with E-state index in [1.54, 1.807) is 0 Å². The molecule has 1 heterocycles. The maximum absolute atomic E-state index is 3.72. The van der Waals surface area contributed by atoms with Crippen molar-refractivity contribution in [3.05, 3.63) is 18.2 Å². The lowest BCUT2D eigenvalue weighted by atomic mass is 9.93. The smallest absolute Gasteiger partial charge is 0.247 e. The van der Waals surface area contributed by atoms with Crippen LogP contribution in [0.5, 0.6) is 0 Å².